The first-order valence-electron chi connectivity index (χ1n) is 7.04. The number of carbonyl (C=O) groups excluding carboxylic acids is 2. The van der Waals surface area contributed by atoms with Gasteiger partial charge in [0, 0.05) is 0 Å². The van der Waals surface area contributed by atoms with E-state index in [0.29, 0.717) is 0 Å². The molecule has 4 atom stereocenters. The lowest BCUT2D eigenvalue weighted by Crippen LogP contribution is -2.69. The molecule has 2 aliphatic heterocycles. The van der Waals surface area contributed by atoms with E-state index < -0.39 is 39.0 Å². The molecule has 0 spiro atoms. The fourth-order valence-electron chi connectivity index (χ4n) is 2.98. The van der Waals surface area contributed by atoms with E-state index in [-0.39, 0.29) is 12.5 Å². The number of rotatable bonds is 3. The van der Waals surface area contributed by atoms with Gasteiger partial charge in [0.15, 0.2) is 0 Å². The quantitative estimate of drug-likeness (QED) is 0.631. The van der Waals surface area contributed by atoms with Gasteiger partial charge in [-0.3, -0.25) is 9.00 Å². The second-order valence-corrected chi connectivity index (χ2v) is 8.19. The molecule has 2 heterocycles. The molecule has 1 amide bonds. The summed E-state index contributed by atoms with van der Waals surface area (Å²) in [6, 6.07) is 7.63. The van der Waals surface area contributed by atoms with Crippen LogP contribution in [-0.4, -0.2) is 43.2 Å². The van der Waals surface area contributed by atoms with Crippen molar-refractivity contribution < 1.29 is 18.5 Å². The zero-order chi connectivity index (χ0) is 16.1. The van der Waals surface area contributed by atoms with E-state index in [9.17, 15) is 13.8 Å². The summed E-state index contributed by atoms with van der Waals surface area (Å²) in [5, 5.41) is -0.586. The molecule has 6 nitrogen and oxygen atoms in total. The van der Waals surface area contributed by atoms with Crippen LogP contribution < -0.4 is 5.73 Å². The van der Waals surface area contributed by atoms with Crippen molar-refractivity contribution in [2.24, 2.45) is 5.73 Å². The number of β-lactam (4-membered cyclic amide) rings is 1. The van der Waals surface area contributed by atoms with Gasteiger partial charge >= 0.3 is 5.97 Å². The Labute approximate surface area is 131 Å². The summed E-state index contributed by atoms with van der Waals surface area (Å²) < 4.78 is 16.9. The molecule has 0 bridgehead atoms. The van der Waals surface area contributed by atoms with E-state index in [4.69, 9.17) is 10.5 Å². The molecule has 2 fully saturated rings. The van der Waals surface area contributed by atoms with Crippen molar-refractivity contribution in [2.45, 2.75) is 42.7 Å². The Morgan fingerprint density at radius 1 is 1.36 bits per heavy atom. The zero-order valence-corrected chi connectivity index (χ0v) is 13.2. The van der Waals surface area contributed by atoms with Crippen molar-refractivity contribution >= 4 is 22.7 Å². The monoisotopic (exact) mass is 322 g/mol. The Hall–Kier alpha value is -1.73. The molecule has 2 saturated heterocycles. The van der Waals surface area contributed by atoms with Gasteiger partial charge in [0.25, 0.3) is 0 Å². The first-order chi connectivity index (χ1) is 10.4. The number of esters is 1. The van der Waals surface area contributed by atoms with Crippen molar-refractivity contribution in [3.63, 3.8) is 0 Å². The number of carbonyl (C=O) groups is 2. The summed E-state index contributed by atoms with van der Waals surface area (Å²) in [6.45, 7) is 3.53. The van der Waals surface area contributed by atoms with Gasteiger partial charge < -0.3 is 15.4 Å². The minimum Gasteiger partial charge on any atom is -0.459 e. The molecule has 0 aliphatic carbocycles. The molecule has 0 radical (unpaired) electrons. The first kappa shape index (κ1) is 15.2. The molecule has 22 heavy (non-hydrogen) atoms. The van der Waals surface area contributed by atoms with Gasteiger partial charge in [-0.15, -0.1) is 0 Å². The van der Waals surface area contributed by atoms with Crippen LogP contribution in [0.4, 0.5) is 0 Å². The van der Waals surface area contributed by atoms with E-state index in [0.717, 1.165) is 5.56 Å². The third-order valence-corrected chi connectivity index (χ3v) is 6.46. The lowest BCUT2D eigenvalue weighted by atomic mass is 9.96. The number of hydrogen-bond donors (Lipinski definition) is 1. The van der Waals surface area contributed by atoms with E-state index >= 15 is 0 Å². The van der Waals surface area contributed by atoms with Crippen molar-refractivity contribution in [1.29, 1.82) is 0 Å². The highest BCUT2D eigenvalue weighted by molar-refractivity contribution is 7.87. The second-order valence-electron chi connectivity index (χ2n) is 6.06. The van der Waals surface area contributed by atoms with Crippen LogP contribution in [0, 0.1) is 0 Å². The molecule has 0 unspecified atom stereocenters. The third kappa shape index (κ3) is 2.07. The van der Waals surface area contributed by atoms with Crippen LogP contribution in [0.3, 0.4) is 0 Å². The number of amides is 1. The highest BCUT2D eigenvalue weighted by atomic mass is 32.2. The van der Waals surface area contributed by atoms with E-state index in [2.05, 4.69) is 0 Å². The Balaban J connectivity index is 1.77. The van der Waals surface area contributed by atoms with Crippen LogP contribution in [0.25, 0.3) is 0 Å². The second kappa shape index (κ2) is 5.17. The maximum absolute atomic E-state index is 12.5. The number of benzene rings is 1. The molecule has 0 saturated carbocycles. The summed E-state index contributed by atoms with van der Waals surface area (Å²) in [5.41, 5.74) is 6.57. The predicted molar refractivity (Wildman–Crippen MR) is 80.9 cm³/mol. The molecule has 7 heteroatoms. The fourth-order valence-corrected chi connectivity index (χ4v) is 4.85. The number of nitrogens with zero attached hydrogens (tertiary/aromatic N) is 1. The lowest BCUT2D eigenvalue weighted by Gasteiger charge is -2.41. The SMILES string of the molecule is CC1(C)[C@H](C(=O)OCc2ccccc2)N2C(=O)[C@@H](N)[C@H]2[S@]1=O. The van der Waals surface area contributed by atoms with Crippen molar-refractivity contribution in [2.75, 3.05) is 0 Å². The van der Waals surface area contributed by atoms with Gasteiger partial charge in [-0.2, -0.15) is 0 Å². The van der Waals surface area contributed by atoms with Crippen LogP contribution in [-0.2, 0) is 31.7 Å². The Kier molecular flexibility index (Phi) is 3.57. The zero-order valence-electron chi connectivity index (χ0n) is 12.4. The van der Waals surface area contributed by atoms with Gasteiger partial charge in [0.2, 0.25) is 5.91 Å². The molecule has 1 aromatic rings. The maximum atomic E-state index is 12.5. The Bertz CT molecular complexity index is 646. The number of nitrogens with two attached hydrogens (primary N) is 1. The topological polar surface area (TPSA) is 89.7 Å². The highest BCUT2D eigenvalue weighted by Crippen LogP contribution is 2.43. The highest BCUT2D eigenvalue weighted by Gasteiger charge is 2.67. The molecular formula is C15H18N2O4S. The largest absolute Gasteiger partial charge is 0.459 e. The van der Waals surface area contributed by atoms with Crippen molar-refractivity contribution in [3.05, 3.63) is 35.9 Å². The molecule has 118 valence electrons. The smallest absolute Gasteiger partial charge is 0.330 e. The average Bonchev–Trinajstić information content (AvgIpc) is 2.70. The predicted octanol–water partition coefficient (Wildman–Crippen LogP) is 0.135. The van der Waals surface area contributed by atoms with Gasteiger partial charge in [-0.1, -0.05) is 30.3 Å². The minimum atomic E-state index is -1.39. The van der Waals surface area contributed by atoms with Crippen LogP contribution in [0.1, 0.15) is 19.4 Å². The molecule has 2 N–H and O–H groups in total. The summed E-state index contributed by atoms with van der Waals surface area (Å²) in [6.07, 6.45) is 0. The van der Waals surface area contributed by atoms with Gasteiger partial charge in [0.1, 0.15) is 24.1 Å². The minimum absolute atomic E-state index is 0.123. The molecule has 1 aromatic carbocycles. The Morgan fingerprint density at radius 3 is 2.64 bits per heavy atom. The van der Waals surface area contributed by atoms with Crippen LogP contribution in [0.15, 0.2) is 30.3 Å². The Morgan fingerprint density at radius 2 is 2.00 bits per heavy atom. The molecule has 3 rings (SSSR count). The number of ether oxygens (including phenoxy) is 1. The van der Waals surface area contributed by atoms with Gasteiger partial charge in [-0.25, -0.2) is 4.79 Å². The van der Waals surface area contributed by atoms with E-state index in [1.165, 1.54) is 4.90 Å². The number of hydrogen-bond acceptors (Lipinski definition) is 5. The fraction of sp³-hybridized carbons (Fsp3) is 0.467. The average molecular weight is 322 g/mol. The van der Waals surface area contributed by atoms with Gasteiger partial charge in [-0.05, 0) is 19.4 Å². The normalized spacial score (nSPS) is 32.3. The molecule has 0 aromatic heterocycles. The molecular weight excluding hydrogens is 304 g/mol. The lowest BCUT2D eigenvalue weighted by molar-refractivity contribution is -0.163. The van der Waals surface area contributed by atoms with Crippen molar-refractivity contribution in [1.82, 2.24) is 4.90 Å². The van der Waals surface area contributed by atoms with Crippen molar-refractivity contribution in [3.8, 4) is 0 Å². The van der Waals surface area contributed by atoms with Crippen LogP contribution in [0.5, 0.6) is 0 Å². The summed E-state index contributed by atoms with van der Waals surface area (Å²) in [5.74, 6) is -0.879. The number of fused-ring (bicyclic) bond motifs is 1. The molecule has 2 aliphatic rings. The van der Waals surface area contributed by atoms with E-state index in [1.807, 2.05) is 30.3 Å². The maximum Gasteiger partial charge on any atom is 0.330 e. The third-order valence-electron chi connectivity index (χ3n) is 4.24. The van der Waals surface area contributed by atoms with Crippen LogP contribution in [0.2, 0.25) is 0 Å². The van der Waals surface area contributed by atoms with Crippen LogP contribution >= 0.6 is 0 Å². The summed E-state index contributed by atoms with van der Waals surface area (Å²) >= 11 is 0. The summed E-state index contributed by atoms with van der Waals surface area (Å²) in [4.78, 5) is 25.7. The first-order valence-corrected chi connectivity index (χ1v) is 8.26. The van der Waals surface area contributed by atoms with E-state index in [1.54, 1.807) is 13.8 Å². The summed E-state index contributed by atoms with van der Waals surface area (Å²) in [7, 11) is -1.39. The van der Waals surface area contributed by atoms with Gasteiger partial charge in [0.05, 0.1) is 15.5 Å². The standard InChI is InChI=1S/C15H18N2O4S/c1-15(2)11(17-12(18)10(16)13(17)22(15)20)14(19)21-8-9-6-4-3-5-7-9/h3-7,10-11,13H,8,16H2,1-2H3/t10-,11+,13-,22-/m1/s1.